The van der Waals surface area contributed by atoms with Gasteiger partial charge >= 0.3 is 0 Å². The highest BCUT2D eigenvalue weighted by molar-refractivity contribution is 5.75. The number of carbonyl (C=O) groups is 1. The molecule has 3 heteroatoms. The fourth-order valence-corrected chi connectivity index (χ4v) is 2.71. The third-order valence-electron chi connectivity index (χ3n) is 3.53. The first kappa shape index (κ1) is 12.5. The molecule has 0 heterocycles. The van der Waals surface area contributed by atoms with E-state index in [0.29, 0.717) is 6.42 Å². The number of rotatable bonds is 4. The predicted molar refractivity (Wildman–Crippen MR) is 62.5 cm³/mol. The molecule has 1 rings (SSSR count). The zero-order valence-corrected chi connectivity index (χ0v) is 10.0. The Balaban J connectivity index is 2.65. The molecule has 3 N–H and O–H groups in total. The largest absolute Gasteiger partial charge is 0.370 e. The molecule has 15 heavy (non-hydrogen) atoms. The topological polar surface area (TPSA) is 55.1 Å². The van der Waals surface area contributed by atoms with E-state index in [1.165, 1.54) is 19.3 Å². The van der Waals surface area contributed by atoms with E-state index in [4.69, 9.17) is 5.73 Å². The molecule has 1 aliphatic rings. The molecule has 0 aromatic rings. The minimum Gasteiger partial charge on any atom is -0.370 e. The van der Waals surface area contributed by atoms with Gasteiger partial charge in [-0.05, 0) is 31.7 Å². The smallest absolute Gasteiger partial charge is 0.219 e. The predicted octanol–water partition coefficient (Wildman–Crippen LogP) is 1.81. The van der Waals surface area contributed by atoms with Crippen LogP contribution in [0.5, 0.6) is 0 Å². The highest BCUT2D eigenvalue weighted by Crippen LogP contribution is 2.32. The molecule has 1 aliphatic carbocycles. The summed E-state index contributed by atoms with van der Waals surface area (Å²) in [6.45, 7) is 5.31. The van der Waals surface area contributed by atoms with Gasteiger partial charge in [0.1, 0.15) is 0 Å². The Hall–Kier alpha value is -0.570. The van der Waals surface area contributed by atoms with Crippen molar-refractivity contribution in [3.8, 4) is 0 Å². The molecule has 0 saturated heterocycles. The van der Waals surface area contributed by atoms with Gasteiger partial charge in [-0.3, -0.25) is 4.79 Å². The van der Waals surface area contributed by atoms with E-state index in [2.05, 4.69) is 19.2 Å². The van der Waals surface area contributed by atoms with Gasteiger partial charge in [0.25, 0.3) is 0 Å². The van der Waals surface area contributed by atoms with Crippen molar-refractivity contribution in [3.05, 3.63) is 0 Å². The average Bonchev–Trinajstić information content (AvgIpc) is 2.29. The molecule has 2 atom stereocenters. The molecule has 1 saturated carbocycles. The molecule has 2 unspecified atom stereocenters. The molecule has 0 spiro atoms. The zero-order chi connectivity index (χ0) is 11.3. The minimum absolute atomic E-state index is 0.00859. The van der Waals surface area contributed by atoms with Crippen LogP contribution < -0.4 is 11.1 Å². The van der Waals surface area contributed by atoms with Gasteiger partial charge in [-0.15, -0.1) is 0 Å². The number of nitrogens with two attached hydrogens (primary N) is 1. The van der Waals surface area contributed by atoms with Crippen molar-refractivity contribution in [2.75, 3.05) is 6.54 Å². The molecule has 0 radical (unpaired) electrons. The first-order valence-corrected chi connectivity index (χ1v) is 6.11. The molecule has 1 fully saturated rings. The summed E-state index contributed by atoms with van der Waals surface area (Å²) in [4.78, 5) is 11.1. The van der Waals surface area contributed by atoms with Crippen LogP contribution >= 0.6 is 0 Å². The number of carbonyl (C=O) groups excluding carboxylic acids is 1. The molecule has 0 aromatic carbocycles. The van der Waals surface area contributed by atoms with Crippen molar-refractivity contribution in [1.29, 1.82) is 0 Å². The Morgan fingerprint density at radius 3 is 2.80 bits per heavy atom. The van der Waals surface area contributed by atoms with Gasteiger partial charge in [0, 0.05) is 12.0 Å². The first-order valence-electron chi connectivity index (χ1n) is 6.11. The minimum atomic E-state index is -0.175. The van der Waals surface area contributed by atoms with Crippen LogP contribution in [0, 0.1) is 5.92 Å². The quantitative estimate of drug-likeness (QED) is 0.698. The van der Waals surface area contributed by atoms with Crippen LogP contribution in [0.4, 0.5) is 0 Å². The van der Waals surface area contributed by atoms with Crippen molar-refractivity contribution in [3.63, 3.8) is 0 Å². The van der Waals surface area contributed by atoms with E-state index in [1.807, 2.05) is 0 Å². The van der Waals surface area contributed by atoms with Gasteiger partial charge in [0.15, 0.2) is 0 Å². The van der Waals surface area contributed by atoms with Gasteiger partial charge in [-0.1, -0.05) is 26.7 Å². The molecule has 0 aliphatic heterocycles. The highest BCUT2D eigenvalue weighted by atomic mass is 16.1. The zero-order valence-electron chi connectivity index (χ0n) is 10.0. The number of primary amides is 1. The Bertz CT molecular complexity index is 218. The van der Waals surface area contributed by atoms with Crippen LogP contribution in [0.1, 0.15) is 52.4 Å². The summed E-state index contributed by atoms with van der Waals surface area (Å²) < 4.78 is 0. The number of nitrogens with one attached hydrogen (secondary N) is 1. The maximum absolute atomic E-state index is 11.1. The molecule has 3 nitrogen and oxygen atoms in total. The van der Waals surface area contributed by atoms with Crippen molar-refractivity contribution >= 4 is 5.91 Å². The second-order valence-corrected chi connectivity index (χ2v) is 4.99. The fraction of sp³-hybridized carbons (Fsp3) is 0.917. The summed E-state index contributed by atoms with van der Waals surface area (Å²) in [5.74, 6) is 0.615. The molecule has 1 amide bonds. The average molecular weight is 212 g/mol. The van der Waals surface area contributed by atoms with Gasteiger partial charge in [0.2, 0.25) is 5.91 Å². The van der Waals surface area contributed by atoms with Crippen molar-refractivity contribution in [2.45, 2.75) is 57.9 Å². The van der Waals surface area contributed by atoms with Crippen molar-refractivity contribution < 1.29 is 4.79 Å². The summed E-state index contributed by atoms with van der Waals surface area (Å²) in [5, 5.41) is 3.49. The third-order valence-corrected chi connectivity index (χ3v) is 3.53. The number of hydrogen-bond donors (Lipinski definition) is 2. The van der Waals surface area contributed by atoms with E-state index < -0.39 is 0 Å². The number of hydrogen-bond acceptors (Lipinski definition) is 2. The Morgan fingerprint density at radius 2 is 2.20 bits per heavy atom. The summed E-state index contributed by atoms with van der Waals surface area (Å²) in [7, 11) is 0. The van der Waals surface area contributed by atoms with Crippen LogP contribution in [0.3, 0.4) is 0 Å². The van der Waals surface area contributed by atoms with Crippen LogP contribution in [-0.2, 0) is 4.79 Å². The lowest BCUT2D eigenvalue weighted by molar-refractivity contribution is -0.119. The fourth-order valence-electron chi connectivity index (χ4n) is 2.71. The summed E-state index contributed by atoms with van der Waals surface area (Å²) in [6.07, 6.45) is 6.38. The Kier molecular flexibility index (Phi) is 4.58. The maximum Gasteiger partial charge on any atom is 0.219 e. The Morgan fingerprint density at radius 1 is 1.47 bits per heavy atom. The summed E-state index contributed by atoms with van der Waals surface area (Å²) >= 11 is 0. The normalized spacial score (nSPS) is 32.3. The van der Waals surface area contributed by atoms with Crippen LogP contribution in [0.2, 0.25) is 0 Å². The SMILES string of the molecule is CCNC1(CC(N)=O)CCCC(C)CC1. The summed E-state index contributed by atoms with van der Waals surface area (Å²) in [5.41, 5.74) is 5.34. The Labute approximate surface area is 92.8 Å². The van der Waals surface area contributed by atoms with E-state index in [1.54, 1.807) is 0 Å². The highest BCUT2D eigenvalue weighted by Gasteiger charge is 2.32. The molecular weight excluding hydrogens is 188 g/mol. The maximum atomic E-state index is 11.1. The van der Waals surface area contributed by atoms with E-state index in [-0.39, 0.29) is 11.4 Å². The third kappa shape index (κ3) is 3.82. The van der Waals surface area contributed by atoms with Crippen LogP contribution in [-0.4, -0.2) is 18.0 Å². The van der Waals surface area contributed by atoms with E-state index in [9.17, 15) is 4.79 Å². The second-order valence-electron chi connectivity index (χ2n) is 4.99. The van der Waals surface area contributed by atoms with Crippen molar-refractivity contribution in [2.24, 2.45) is 11.7 Å². The lowest BCUT2D eigenvalue weighted by Gasteiger charge is -2.32. The molecular formula is C12H24N2O. The molecule has 0 aromatic heterocycles. The van der Waals surface area contributed by atoms with Gasteiger partial charge in [0.05, 0.1) is 0 Å². The lowest BCUT2D eigenvalue weighted by Crippen LogP contribution is -2.47. The van der Waals surface area contributed by atoms with E-state index in [0.717, 1.165) is 25.3 Å². The van der Waals surface area contributed by atoms with E-state index >= 15 is 0 Å². The second kappa shape index (κ2) is 5.50. The first-order chi connectivity index (χ1) is 7.08. The van der Waals surface area contributed by atoms with Gasteiger partial charge < -0.3 is 11.1 Å². The molecule has 88 valence electrons. The van der Waals surface area contributed by atoms with Gasteiger partial charge in [-0.25, -0.2) is 0 Å². The summed E-state index contributed by atoms with van der Waals surface area (Å²) in [6, 6.07) is 0. The standard InChI is InChI=1S/C12H24N2O/c1-3-14-12(9-11(13)15)7-4-5-10(2)6-8-12/h10,14H,3-9H2,1-2H3,(H2,13,15). The van der Waals surface area contributed by atoms with Crippen molar-refractivity contribution in [1.82, 2.24) is 5.32 Å². The van der Waals surface area contributed by atoms with Crippen LogP contribution in [0.15, 0.2) is 0 Å². The monoisotopic (exact) mass is 212 g/mol. The van der Waals surface area contributed by atoms with Crippen LogP contribution in [0.25, 0.3) is 0 Å². The van der Waals surface area contributed by atoms with Gasteiger partial charge in [-0.2, -0.15) is 0 Å². The number of amides is 1. The molecule has 0 bridgehead atoms. The lowest BCUT2D eigenvalue weighted by atomic mass is 9.86.